The molecule has 0 saturated carbocycles. The second-order valence-corrected chi connectivity index (χ2v) is 3.90. The van der Waals surface area contributed by atoms with Gasteiger partial charge in [0.1, 0.15) is 5.75 Å². The van der Waals surface area contributed by atoms with Crippen molar-refractivity contribution in [2.45, 2.75) is 6.92 Å². The Hall–Kier alpha value is -1.55. The van der Waals surface area contributed by atoms with Gasteiger partial charge in [-0.05, 0) is 43.4 Å². The molecule has 0 unspecified atom stereocenters. The van der Waals surface area contributed by atoms with Crippen LogP contribution < -0.4 is 15.4 Å². The number of hydrogen-bond acceptors (Lipinski definition) is 2. The molecule has 0 aromatic heterocycles. The summed E-state index contributed by atoms with van der Waals surface area (Å²) in [6.45, 7) is 6.42. The van der Waals surface area contributed by atoms with E-state index in [-0.39, 0.29) is 0 Å². The highest BCUT2D eigenvalue weighted by Gasteiger charge is 1.97. The van der Waals surface area contributed by atoms with Crippen molar-refractivity contribution in [3.05, 3.63) is 36.4 Å². The van der Waals surface area contributed by atoms with Crippen LogP contribution in [0.4, 0.5) is 5.69 Å². The van der Waals surface area contributed by atoms with Crippen molar-refractivity contribution in [1.29, 1.82) is 0 Å². The third kappa shape index (κ3) is 4.31. The van der Waals surface area contributed by atoms with Crippen molar-refractivity contribution >= 4 is 23.0 Å². The first-order chi connectivity index (χ1) is 7.61. The Kier molecular flexibility index (Phi) is 4.79. The highest BCUT2D eigenvalue weighted by Crippen LogP contribution is 2.14. The topological polar surface area (TPSA) is 33.3 Å². The van der Waals surface area contributed by atoms with Crippen LogP contribution in [-0.4, -0.2) is 18.8 Å². The van der Waals surface area contributed by atoms with Gasteiger partial charge in [0.25, 0.3) is 0 Å². The van der Waals surface area contributed by atoms with Gasteiger partial charge in [-0.3, -0.25) is 0 Å². The van der Waals surface area contributed by atoms with E-state index in [4.69, 9.17) is 17.0 Å². The molecule has 0 aliphatic heterocycles. The molecule has 0 atom stereocenters. The minimum atomic E-state index is 0.591. The van der Waals surface area contributed by atoms with Crippen LogP contribution in [0, 0.1) is 0 Å². The number of rotatable bonds is 4. The Morgan fingerprint density at radius 1 is 1.38 bits per heavy atom. The normalized spacial score (nSPS) is 9.38. The Balaban J connectivity index is 2.46. The molecule has 1 aromatic rings. The van der Waals surface area contributed by atoms with E-state index in [1.54, 1.807) is 7.11 Å². The monoisotopic (exact) mass is 236 g/mol. The van der Waals surface area contributed by atoms with Gasteiger partial charge in [-0.2, -0.15) is 0 Å². The fraction of sp³-hybridized carbons (Fsp3) is 0.250. The quantitative estimate of drug-likeness (QED) is 0.622. The van der Waals surface area contributed by atoms with E-state index in [0.29, 0.717) is 11.7 Å². The van der Waals surface area contributed by atoms with Gasteiger partial charge in [-0.25, -0.2) is 0 Å². The fourth-order valence-corrected chi connectivity index (χ4v) is 1.27. The Morgan fingerprint density at radius 3 is 2.50 bits per heavy atom. The standard InChI is InChI=1S/C12H16N2OS/c1-9(2)8-13-12(16)14-10-4-6-11(15-3)7-5-10/h4-7H,1,8H2,2-3H3,(H2,13,14,16). The van der Waals surface area contributed by atoms with Crippen molar-refractivity contribution in [2.24, 2.45) is 0 Å². The van der Waals surface area contributed by atoms with Crippen molar-refractivity contribution in [2.75, 3.05) is 19.0 Å². The highest BCUT2D eigenvalue weighted by atomic mass is 32.1. The second kappa shape index (κ2) is 6.12. The Morgan fingerprint density at radius 2 is 2.00 bits per heavy atom. The number of hydrogen-bond donors (Lipinski definition) is 2. The van der Waals surface area contributed by atoms with Gasteiger partial charge >= 0.3 is 0 Å². The summed E-state index contributed by atoms with van der Waals surface area (Å²) in [5.74, 6) is 0.825. The number of ether oxygens (including phenoxy) is 1. The molecular formula is C12H16N2OS. The smallest absolute Gasteiger partial charge is 0.171 e. The molecule has 0 aliphatic rings. The number of anilines is 1. The summed E-state index contributed by atoms with van der Waals surface area (Å²) >= 11 is 5.12. The van der Waals surface area contributed by atoms with Gasteiger partial charge in [-0.1, -0.05) is 12.2 Å². The minimum Gasteiger partial charge on any atom is -0.497 e. The van der Waals surface area contributed by atoms with Crippen LogP contribution in [0.15, 0.2) is 36.4 Å². The fourth-order valence-electron chi connectivity index (χ4n) is 1.08. The van der Waals surface area contributed by atoms with Gasteiger partial charge in [0.05, 0.1) is 7.11 Å². The molecule has 0 fully saturated rings. The molecule has 86 valence electrons. The lowest BCUT2D eigenvalue weighted by Gasteiger charge is -2.10. The molecule has 0 spiro atoms. The van der Waals surface area contributed by atoms with E-state index in [1.165, 1.54) is 0 Å². The SMILES string of the molecule is C=C(C)CNC(=S)Nc1ccc(OC)cc1. The predicted molar refractivity (Wildman–Crippen MR) is 72.0 cm³/mol. The first-order valence-electron chi connectivity index (χ1n) is 4.95. The van der Waals surface area contributed by atoms with Crippen molar-refractivity contribution in [1.82, 2.24) is 5.32 Å². The van der Waals surface area contributed by atoms with Crippen LogP contribution in [-0.2, 0) is 0 Å². The van der Waals surface area contributed by atoms with Gasteiger partial charge < -0.3 is 15.4 Å². The predicted octanol–water partition coefficient (Wildman–Crippen LogP) is 2.56. The van der Waals surface area contributed by atoms with Gasteiger partial charge in [-0.15, -0.1) is 0 Å². The summed E-state index contributed by atoms with van der Waals surface area (Å²) in [4.78, 5) is 0. The number of benzene rings is 1. The maximum absolute atomic E-state index is 5.12. The third-order valence-corrected chi connectivity index (χ3v) is 2.15. The summed E-state index contributed by atoms with van der Waals surface area (Å²) in [7, 11) is 1.64. The molecule has 3 nitrogen and oxygen atoms in total. The molecule has 0 heterocycles. The zero-order chi connectivity index (χ0) is 12.0. The largest absolute Gasteiger partial charge is 0.497 e. The molecule has 1 aromatic carbocycles. The Bertz CT molecular complexity index is 373. The zero-order valence-corrected chi connectivity index (χ0v) is 10.4. The van der Waals surface area contributed by atoms with Crippen LogP contribution in [0.3, 0.4) is 0 Å². The number of thiocarbonyl (C=S) groups is 1. The van der Waals surface area contributed by atoms with Gasteiger partial charge in [0.2, 0.25) is 0 Å². The maximum atomic E-state index is 5.12. The first kappa shape index (κ1) is 12.5. The minimum absolute atomic E-state index is 0.591. The highest BCUT2D eigenvalue weighted by molar-refractivity contribution is 7.80. The maximum Gasteiger partial charge on any atom is 0.171 e. The van der Waals surface area contributed by atoms with Crippen LogP contribution >= 0.6 is 12.2 Å². The summed E-state index contributed by atoms with van der Waals surface area (Å²) in [5, 5.41) is 6.71. The summed E-state index contributed by atoms with van der Waals surface area (Å²) < 4.78 is 5.07. The number of methoxy groups -OCH3 is 1. The lowest BCUT2D eigenvalue weighted by atomic mass is 10.3. The molecule has 2 N–H and O–H groups in total. The van der Waals surface area contributed by atoms with E-state index in [0.717, 1.165) is 17.0 Å². The van der Waals surface area contributed by atoms with Crippen molar-refractivity contribution in [3.8, 4) is 5.75 Å². The lowest BCUT2D eigenvalue weighted by Crippen LogP contribution is -2.29. The molecule has 16 heavy (non-hydrogen) atoms. The van der Waals surface area contributed by atoms with Crippen molar-refractivity contribution in [3.63, 3.8) is 0 Å². The lowest BCUT2D eigenvalue weighted by molar-refractivity contribution is 0.415. The molecule has 1 rings (SSSR count). The number of nitrogens with one attached hydrogen (secondary N) is 2. The molecule has 4 heteroatoms. The zero-order valence-electron chi connectivity index (χ0n) is 9.54. The molecule has 0 saturated heterocycles. The van der Waals surface area contributed by atoms with E-state index >= 15 is 0 Å². The Labute approximate surface area is 102 Å². The molecular weight excluding hydrogens is 220 g/mol. The average Bonchev–Trinajstić information content (AvgIpc) is 2.27. The summed E-state index contributed by atoms with van der Waals surface area (Å²) in [6.07, 6.45) is 0. The van der Waals surface area contributed by atoms with Gasteiger partial charge in [0, 0.05) is 12.2 Å². The molecule has 0 bridgehead atoms. The van der Waals surface area contributed by atoms with E-state index in [9.17, 15) is 0 Å². The molecule has 0 amide bonds. The summed E-state index contributed by atoms with van der Waals surface area (Å²) in [6, 6.07) is 7.58. The summed E-state index contributed by atoms with van der Waals surface area (Å²) in [5.41, 5.74) is 1.97. The second-order valence-electron chi connectivity index (χ2n) is 3.49. The van der Waals surface area contributed by atoms with Gasteiger partial charge in [0.15, 0.2) is 5.11 Å². The van der Waals surface area contributed by atoms with Crippen LogP contribution in [0.2, 0.25) is 0 Å². The van der Waals surface area contributed by atoms with E-state index in [2.05, 4.69) is 17.2 Å². The molecule has 0 radical (unpaired) electrons. The van der Waals surface area contributed by atoms with Crippen LogP contribution in [0.1, 0.15) is 6.92 Å². The van der Waals surface area contributed by atoms with Crippen LogP contribution in [0.25, 0.3) is 0 Å². The van der Waals surface area contributed by atoms with E-state index in [1.807, 2.05) is 31.2 Å². The first-order valence-corrected chi connectivity index (χ1v) is 5.36. The average molecular weight is 236 g/mol. The van der Waals surface area contributed by atoms with Crippen molar-refractivity contribution < 1.29 is 4.74 Å². The molecule has 0 aliphatic carbocycles. The van der Waals surface area contributed by atoms with Crippen LogP contribution in [0.5, 0.6) is 5.75 Å². The van der Waals surface area contributed by atoms with E-state index < -0.39 is 0 Å². The third-order valence-electron chi connectivity index (χ3n) is 1.90.